The standard InChI is InChI=1S/C22H31N5O2S.HI/c1-26(2)20(28)16-24-22(23-15-17-6-8-19(29-3)9-7-17)25-18-10-12-27(13-11-18)21-5-4-14-30-21;/h4-9,14,18H,10-13,15-16H2,1-3H3,(H2,23,24,25);1H. The van der Waals surface area contributed by atoms with Crippen molar-refractivity contribution in [2.24, 2.45) is 4.99 Å². The van der Waals surface area contributed by atoms with Gasteiger partial charge in [0.05, 0.1) is 25.2 Å². The Labute approximate surface area is 205 Å². The third-order valence-corrected chi connectivity index (χ3v) is 6.07. The Kier molecular flexibility index (Phi) is 10.4. The van der Waals surface area contributed by atoms with Crippen molar-refractivity contribution in [2.45, 2.75) is 25.4 Å². The van der Waals surface area contributed by atoms with Crippen LogP contribution in [0.25, 0.3) is 0 Å². The molecule has 7 nitrogen and oxygen atoms in total. The number of guanidine groups is 1. The van der Waals surface area contributed by atoms with Gasteiger partial charge in [0.2, 0.25) is 5.91 Å². The number of methoxy groups -OCH3 is 1. The van der Waals surface area contributed by atoms with Crippen molar-refractivity contribution < 1.29 is 9.53 Å². The lowest BCUT2D eigenvalue weighted by molar-refractivity contribution is -0.127. The number of likely N-dealkylation sites (N-methyl/N-ethyl adjacent to an activating group) is 1. The Balaban J connectivity index is 0.00000341. The van der Waals surface area contributed by atoms with Crippen LogP contribution in [0.3, 0.4) is 0 Å². The summed E-state index contributed by atoms with van der Waals surface area (Å²) >= 11 is 1.79. The van der Waals surface area contributed by atoms with Gasteiger partial charge in [-0.1, -0.05) is 12.1 Å². The molecule has 1 aliphatic rings. The van der Waals surface area contributed by atoms with Gasteiger partial charge >= 0.3 is 0 Å². The lowest BCUT2D eigenvalue weighted by Crippen LogP contribution is -2.50. The van der Waals surface area contributed by atoms with Crippen molar-refractivity contribution in [1.29, 1.82) is 0 Å². The highest BCUT2D eigenvalue weighted by atomic mass is 127. The first-order chi connectivity index (χ1) is 14.5. The highest BCUT2D eigenvalue weighted by Crippen LogP contribution is 2.24. The minimum atomic E-state index is 0. The first-order valence-electron chi connectivity index (χ1n) is 10.2. The fourth-order valence-corrected chi connectivity index (χ4v) is 4.04. The predicted octanol–water partition coefficient (Wildman–Crippen LogP) is 3.17. The number of nitrogens with one attached hydrogen (secondary N) is 2. The van der Waals surface area contributed by atoms with Gasteiger partial charge in [0.25, 0.3) is 0 Å². The molecule has 2 heterocycles. The van der Waals surface area contributed by atoms with Gasteiger partial charge in [0.15, 0.2) is 5.96 Å². The summed E-state index contributed by atoms with van der Waals surface area (Å²) in [6, 6.07) is 12.5. The molecule has 0 bridgehead atoms. The average molecular weight is 558 g/mol. The quantitative estimate of drug-likeness (QED) is 0.311. The number of aliphatic imine (C=N–C) groups is 1. The van der Waals surface area contributed by atoms with Crippen LogP contribution in [-0.4, -0.2) is 63.6 Å². The van der Waals surface area contributed by atoms with E-state index in [0.29, 0.717) is 18.5 Å². The Morgan fingerprint density at radius 3 is 2.52 bits per heavy atom. The number of hydrogen-bond acceptors (Lipinski definition) is 5. The third kappa shape index (κ3) is 7.88. The van der Waals surface area contributed by atoms with Crippen LogP contribution in [0, 0.1) is 0 Å². The van der Waals surface area contributed by atoms with Crippen LogP contribution >= 0.6 is 35.3 Å². The summed E-state index contributed by atoms with van der Waals surface area (Å²) in [5, 5.41) is 10.2. The summed E-state index contributed by atoms with van der Waals surface area (Å²) < 4.78 is 5.21. The zero-order chi connectivity index (χ0) is 21.3. The van der Waals surface area contributed by atoms with Crippen molar-refractivity contribution in [3.05, 3.63) is 47.3 Å². The van der Waals surface area contributed by atoms with Crippen LogP contribution in [0.2, 0.25) is 0 Å². The van der Waals surface area contributed by atoms with Gasteiger partial charge in [0.1, 0.15) is 5.75 Å². The number of piperidine rings is 1. The second-order valence-electron chi connectivity index (χ2n) is 7.51. The maximum absolute atomic E-state index is 12.0. The molecule has 0 saturated carbocycles. The number of nitrogens with zero attached hydrogens (tertiary/aromatic N) is 3. The molecule has 2 aromatic rings. The number of halogens is 1. The molecule has 31 heavy (non-hydrogen) atoms. The third-order valence-electron chi connectivity index (χ3n) is 5.14. The molecule has 0 atom stereocenters. The molecular formula is C22H32IN5O2S. The molecule has 3 rings (SSSR count). The lowest BCUT2D eigenvalue weighted by atomic mass is 10.1. The maximum Gasteiger partial charge on any atom is 0.241 e. The van der Waals surface area contributed by atoms with Gasteiger partial charge in [-0.25, -0.2) is 4.99 Å². The van der Waals surface area contributed by atoms with Crippen LogP contribution in [0.5, 0.6) is 5.75 Å². The van der Waals surface area contributed by atoms with Crippen LogP contribution in [-0.2, 0) is 11.3 Å². The van der Waals surface area contributed by atoms with E-state index in [1.807, 2.05) is 24.3 Å². The molecular weight excluding hydrogens is 525 g/mol. The fraction of sp³-hybridized carbons (Fsp3) is 0.455. The first kappa shape index (κ1) is 25.3. The number of anilines is 1. The summed E-state index contributed by atoms with van der Waals surface area (Å²) in [6.45, 7) is 2.78. The second-order valence-corrected chi connectivity index (χ2v) is 8.44. The number of ether oxygens (including phenoxy) is 1. The van der Waals surface area contributed by atoms with E-state index in [1.54, 1.807) is 37.4 Å². The summed E-state index contributed by atoms with van der Waals surface area (Å²) in [7, 11) is 5.17. The molecule has 0 aliphatic carbocycles. The average Bonchev–Trinajstić information content (AvgIpc) is 3.31. The number of hydrogen-bond donors (Lipinski definition) is 2. The highest BCUT2D eigenvalue weighted by molar-refractivity contribution is 14.0. The number of thiophene rings is 1. The van der Waals surface area contributed by atoms with Crippen LogP contribution in [0.15, 0.2) is 46.8 Å². The molecule has 2 N–H and O–H groups in total. The zero-order valence-electron chi connectivity index (χ0n) is 18.3. The van der Waals surface area contributed by atoms with Gasteiger partial charge in [0, 0.05) is 33.2 Å². The Morgan fingerprint density at radius 2 is 1.94 bits per heavy atom. The van der Waals surface area contributed by atoms with E-state index in [9.17, 15) is 4.79 Å². The number of benzene rings is 1. The van der Waals surface area contributed by atoms with Gasteiger partial charge in [-0.3, -0.25) is 4.79 Å². The minimum absolute atomic E-state index is 0. The number of amides is 1. The molecule has 170 valence electrons. The maximum atomic E-state index is 12.0. The SMILES string of the molecule is COc1ccc(CN=C(NCC(=O)N(C)C)NC2CCN(c3cccs3)CC2)cc1.I. The van der Waals surface area contributed by atoms with E-state index in [-0.39, 0.29) is 36.4 Å². The summed E-state index contributed by atoms with van der Waals surface area (Å²) in [6.07, 6.45) is 2.06. The van der Waals surface area contributed by atoms with Gasteiger partial charge in [-0.15, -0.1) is 35.3 Å². The molecule has 0 spiro atoms. The fourth-order valence-electron chi connectivity index (χ4n) is 3.26. The number of rotatable bonds is 7. The van der Waals surface area contributed by atoms with Crippen LogP contribution < -0.4 is 20.3 Å². The van der Waals surface area contributed by atoms with E-state index in [4.69, 9.17) is 9.73 Å². The van der Waals surface area contributed by atoms with Crippen LogP contribution in [0.4, 0.5) is 5.00 Å². The van der Waals surface area contributed by atoms with E-state index >= 15 is 0 Å². The second kappa shape index (κ2) is 12.7. The normalized spacial score (nSPS) is 14.5. The van der Waals surface area contributed by atoms with Crippen molar-refractivity contribution in [1.82, 2.24) is 15.5 Å². The monoisotopic (exact) mass is 557 g/mol. The summed E-state index contributed by atoms with van der Waals surface area (Å²) in [4.78, 5) is 20.7. The van der Waals surface area contributed by atoms with Gasteiger partial charge in [-0.05, 0) is 48.1 Å². The molecule has 9 heteroatoms. The molecule has 1 fully saturated rings. The minimum Gasteiger partial charge on any atom is -0.497 e. The molecule has 1 amide bonds. The molecule has 1 aliphatic heterocycles. The molecule has 1 aromatic heterocycles. The topological polar surface area (TPSA) is 69.2 Å². The number of carbonyl (C=O) groups is 1. The van der Waals surface area contributed by atoms with E-state index in [0.717, 1.165) is 37.2 Å². The zero-order valence-corrected chi connectivity index (χ0v) is 21.5. The van der Waals surface area contributed by atoms with Crippen molar-refractivity contribution in [3.8, 4) is 5.75 Å². The summed E-state index contributed by atoms with van der Waals surface area (Å²) in [5.74, 6) is 1.52. The highest BCUT2D eigenvalue weighted by Gasteiger charge is 2.21. The Morgan fingerprint density at radius 1 is 1.23 bits per heavy atom. The Bertz CT molecular complexity index is 819. The van der Waals surface area contributed by atoms with Crippen LogP contribution in [0.1, 0.15) is 18.4 Å². The predicted molar refractivity (Wildman–Crippen MR) is 139 cm³/mol. The largest absolute Gasteiger partial charge is 0.497 e. The summed E-state index contributed by atoms with van der Waals surface area (Å²) in [5.41, 5.74) is 1.09. The lowest BCUT2D eigenvalue weighted by Gasteiger charge is -2.33. The smallest absolute Gasteiger partial charge is 0.241 e. The van der Waals surface area contributed by atoms with E-state index in [1.165, 1.54) is 5.00 Å². The molecule has 1 saturated heterocycles. The molecule has 0 radical (unpaired) electrons. The Hall–Kier alpha value is -2.01. The van der Waals surface area contributed by atoms with Crippen molar-refractivity contribution >= 4 is 52.2 Å². The molecule has 1 aromatic carbocycles. The van der Waals surface area contributed by atoms with Gasteiger partial charge in [-0.2, -0.15) is 0 Å². The van der Waals surface area contributed by atoms with E-state index in [2.05, 4.69) is 33.0 Å². The molecule has 0 unspecified atom stereocenters. The van der Waals surface area contributed by atoms with E-state index < -0.39 is 0 Å². The van der Waals surface area contributed by atoms with Crippen molar-refractivity contribution in [2.75, 3.05) is 45.7 Å². The first-order valence-corrected chi connectivity index (χ1v) is 11.1. The van der Waals surface area contributed by atoms with Gasteiger partial charge < -0.3 is 25.2 Å². The van der Waals surface area contributed by atoms with Crippen molar-refractivity contribution in [3.63, 3.8) is 0 Å². The number of carbonyl (C=O) groups excluding carboxylic acids is 1.